The molecule has 6 heteroatoms. The van der Waals surface area contributed by atoms with E-state index in [0.717, 1.165) is 11.3 Å². The predicted molar refractivity (Wildman–Crippen MR) is 87.5 cm³/mol. The van der Waals surface area contributed by atoms with Crippen LogP contribution < -0.4 is 4.90 Å². The van der Waals surface area contributed by atoms with Gasteiger partial charge in [0.15, 0.2) is 5.79 Å². The van der Waals surface area contributed by atoms with Crippen molar-refractivity contribution in [3.63, 3.8) is 0 Å². The van der Waals surface area contributed by atoms with Crippen LogP contribution >= 0.6 is 0 Å². The number of piperidine rings is 1. The largest absolute Gasteiger partial charge is 0.347 e. The quantitative estimate of drug-likeness (QED) is 0.779. The number of ether oxygens (including phenoxy) is 2. The first-order chi connectivity index (χ1) is 11.6. The Kier molecular flexibility index (Phi) is 3.81. The second kappa shape index (κ2) is 5.86. The van der Waals surface area contributed by atoms with Gasteiger partial charge >= 0.3 is 0 Å². The molecule has 2 saturated heterocycles. The van der Waals surface area contributed by atoms with Crippen LogP contribution in [0.3, 0.4) is 0 Å². The normalized spacial score (nSPS) is 25.1. The van der Waals surface area contributed by atoms with Gasteiger partial charge in [-0.15, -0.1) is 0 Å². The molecule has 1 atom stereocenters. The number of nitrogens with zero attached hydrogens (tertiary/aromatic N) is 2. The summed E-state index contributed by atoms with van der Waals surface area (Å²) in [6.07, 6.45) is 1.97. The van der Waals surface area contributed by atoms with Gasteiger partial charge in [-0.05, 0) is 11.6 Å². The second-order valence-corrected chi connectivity index (χ2v) is 6.67. The van der Waals surface area contributed by atoms with Gasteiger partial charge < -0.3 is 14.4 Å². The number of rotatable bonds is 1. The summed E-state index contributed by atoms with van der Waals surface area (Å²) in [6.45, 7) is 4.00. The molecule has 0 N–H and O–H groups in total. The molecule has 3 heterocycles. The van der Waals surface area contributed by atoms with Gasteiger partial charge in [0.05, 0.1) is 13.2 Å². The molecule has 2 fully saturated rings. The van der Waals surface area contributed by atoms with Crippen molar-refractivity contribution in [1.29, 1.82) is 0 Å². The second-order valence-electron chi connectivity index (χ2n) is 6.67. The highest BCUT2D eigenvalue weighted by Gasteiger charge is 2.44. The highest BCUT2D eigenvalue weighted by molar-refractivity contribution is 6.02. The molecule has 4 rings (SSSR count). The summed E-state index contributed by atoms with van der Waals surface area (Å²) >= 11 is 0. The zero-order valence-electron chi connectivity index (χ0n) is 13.9. The fourth-order valence-corrected chi connectivity index (χ4v) is 4.04. The first-order valence-electron chi connectivity index (χ1n) is 8.54. The Labute approximate surface area is 141 Å². The topological polar surface area (TPSA) is 59.1 Å². The van der Waals surface area contributed by atoms with Crippen molar-refractivity contribution in [2.75, 3.05) is 31.2 Å². The molecule has 1 aromatic carbocycles. The van der Waals surface area contributed by atoms with Crippen LogP contribution in [0, 0.1) is 0 Å². The standard InChI is InChI=1S/C18H22N2O4/c1-13(21)20-15-5-3-2-4-14(15)12-16(20)17(22)19-8-6-18(7-9-19)23-10-11-24-18/h2-5,16H,6-12H2,1H3. The van der Waals surface area contributed by atoms with E-state index < -0.39 is 11.8 Å². The molecule has 0 radical (unpaired) electrons. The molecular formula is C18H22N2O4. The number of hydrogen-bond acceptors (Lipinski definition) is 4. The Bertz CT molecular complexity index is 659. The van der Waals surface area contributed by atoms with E-state index in [1.165, 1.54) is 6.92 Å². The Hall–Kier alpha value is -1.92. The highest BCUT2D eigenvalue weighted by Crippen LogP contribution is 2.35. The van der Waals surface area contributed by atoms with E-state index >= 15 is 0 Å². The van der Waals surface area contributed by atoms with E-state index in [-0.39, 0.29) is 11.8 Å². The smallest absolute Gasteiger partial charge is 0.246 e. The van der Waals surface area contributed by atoms with E-state index in [0.29, 0.717) is 45.6 Å². The van der Waals surface area contributed by atoms with Gasteiger partial charge in [0.1, 0.15) is 6.04 Å². The third-order valence-electron chi connectivity index (χ3n) is 5.25. The van der Waals surface area contributed by atoms with Gasteiger partial charge in [-0.25, -0.2) is 0 Å². The van der Waals surface area contributed by atoms with Crippen LogP contribution in [0.4, 0.5) is 5.69 Å². The lowest BCUT2D eigenvalue weighted by Crippen LogP contribution is -2.54. The summed E-state index contributed by atoms with van der Waals surface area (Å²) in [6, 6.07) is 7.32. The van der Waals surface area contributed by atoms with Crippen LogP contribution in [-0.2, 0) is 25.5 Å². The fourth-order valence-electron chi connectivity index (χ4n) is 4.04. The number of anilines is 1. The minimum atomic E-state index is -0.490. The maximum absolute atomic E-state index is 13.0. The van der Waals surface area contributed by atoms with Gasteiger partial charge in [0, 0.05) is 45.0 Å². The monoisotopic (exact) mass is 330 g/mol. The predicted octanol–water partition coefficient (Wildman–Crippen LogP) is 1.33. The molecule has 128 valence electrons. The van der Waals surface area contributed by atoms with Crippen LogP contribution in [0.15, 0.2) is 24.3 Å². The molecule has 1 aromatic rings. The molecule has 0 aliphatic carbocycles. The van der Waals surface area contributed by atoms with Crippen molar-refractivity contribution >= 4 is 17.5 Å². The van der Waals surface area contributed by atoms with Crippen LogP contribution in [0.25, 0.3) is 0 Å². The average molecular weight is 330 g/mol. The number of carbonyl (C=O) groups is 2. The molecule has 0 aromatic heterocycles. The molecule has 1 unspecified atom stereocenters. The van der Waals surface area contributed by atoms with Crippen molar-refractivity contribution in [2.45, 2.75) is 38.0 Å². The molecular weight excluding hydrogens is 308 g/mol. The summed E-state index contributed by atoms with van der Waals surface area (Å²) in [5.41, 5.74) is 1.92. The maximum atomic E-state index is 13.0. The molecule has 3 aliphatic rings. The molecule has 24 heavy (non-hydrogen) atoms. The zero-order valence-corrected chi connectivity index (χ0v) is 13.9. The number of carbonyl (C=O) groups excluding carboxylic acids is 2. The van der Waals surface area contributed by atoms with Crippen LogP contribution in [-0.4, -0.2) is 54.8 Å². The summed E-state index contributed by atoms with van der Waals surface area (Å²) in [5.74, 6) is -0.557. The van der Waals surface area contributed by atoms with E-state index in [9.17, 15) is 9.59 Å². The molecule has 2 amide bonds. The third kappa shape index (κ3) is 2.50. The summed E-state index contributed by atoms with van der Waals surface area (Å²) in [4.78, 5) is 28.7. The van der Waals surface area contributed by atoms with E-state index in [1.807, 2.05) is 29.2 Å². The number of fused-ring (bicyclic) bond motifs is 1. The van der Waals surface area contributed by atoms with Gasteiger partial charge in [0.2, 0.25) is 11.8 Å². The van der Waals surface area contributed by atoms with Crippen LogP contribution in [0.1, 0.15) is 25.3 Å². The number of hydrogen-bond donors (Lipinski definition) is 0. The summed E-state index contributed by atoms with van der Waals surface area (Å²) in [5, 5.41) is 0. The Balaban J connectivity index is 1.50. The van der Waals surface area contributed by atoms with Crippen molar-refractivity contribution in [1.82, 2.24) is 4.90 Å². The van der Waals surface area contributed by atoms with E-state index in [4.69, 9.17) is 9.47 Å². The van der Waals surface area contributed by atoms with Crippen molar-refractivity contribution in [3.8, 4) is 0 Å². The minimum absolute atomic E-state index is 0.0225. The lowest BCUT2D eigenvalue weighted by molar-refractivity contribution is -0.187. The molecule has 0 saturated carbocycles. The van der Waals surface area contributed by atoms with Gasteiger partial charge in [-0.3, -0.25) is 14.5 Å². The third-order valence-corrected chi connectivity index (χ3v) is 5.25. The number of likely N-dealkylation sites (tertiary alicyclic amines) is 1. The molecule has 3 aliphatic heterocycles. The number of amides is 2. The van der Waals surface area contributed by atoms with Gasteiger partial charge in [0.25, 0.3) is 0 Å². The fraction of sp³-hybridized carbons (Fsp3) is 0.556. The average Bonchev–Trinajstić information content (AvgIpc) is 3.19. The van der Waals surface area contributed by atoms with Gasteiger partial charge in [-0.2, -0.15) is 0 Å². The number of para-hydroxylation sites is 1. The van der Waals surface area contributed by atoms with Crippen LogP contribution in [0.2, 0.25) is 0 Å². The lowest BCUT2D eigenvalue weighted by atomic mass is 10.0. The maximum Gasteiger partial charge on any atom is 0.246 e. The van der Waals surface area contributed by atoms with E-state index in [2.05, 4.69) is 0 Å². The van der Waals surface area contributed by atoms with Gasteiger partial charge in [-0.1, -0.05) is 18.2 Å². The minimum Gasteiger partial charge on any atom is -0.347 e. The lowest BCUT2D eigenvalue weighted by Gasteiger charge is -2.39. The Morgan fingerprint density at radius 1 is 1.12 bits per heavy atom. The first kappa shape index (κ1) is 15.6. The number of benzene rings is 1. The molecule has 6 nitrogen and oxygen atoms in total. The Morgan fingerprint density at radius 2 is 1.79 bits per heavy atom. The zero-order chi connectivity index (χ0) is 16.7. The molecule has 1 spiro atoms. The first-order valence-corrected chi connectivity index (χ1v) is 8.54. The van der Waals surface area contributed by atoms with Crippen molar-refractivity contribution in [3.05, 3.63) is 29.8 Å². The summed E-state index contributed by atoms with van der Waals surface area (Å²) in [7, 11) is 0. The summed E-state index contributed by atoms with van der Waals surface area (Å²) < 4.78 is 11.4. The van der Waals surface area contributed by atoms with Crippen LogP contribution in [0.5, 0.6) is 0 Å². The van der Waals surface area contributed by atoms with E-state index in [1.54, 1.807) is 4.90 Å². The molecule has 0 bridgehead atoms. The van der Waals surface area contributed by atoms with Crippen molar-refractivity contribution in [2.24, 2.45) is 0 Å². The Morgan fingerprint density at radius 3 is 2.46 bits per heavy atom. The highest BCUT2D eigenvalue weighted by atomic mass is 16.7. The van der Waals surface area contributed by atoms with Crippen molar-refractivity contribution < 1.29 is 19.1 Å². The SMILES string of the molecule is CC(=O)N1c2ccccc2CC1C(=O)N1CCC2(CC1)OCCO2.